The van der Waals surface area contributed by atoms with Crippen molar-refractivity contribution in [3.05, 3.63) is 23.5 Å². The maximum atomic E-state index is 5.61. The van der Waals surface area contributed by atoms with Crippen LogP contribution >= 0.6 is 29.1 Å². The molecule has 0 fully saturated rings. The molecule has 0 saturated heterocycles. The molecule has 0 aromatic heterocycles. The zero-order valence-electron chi connectivity index (χ0n) is 4.14. The van der Waals surface area contributed by atoms with E-state index in [-0.39, 0.29) is 0 Å². The maximum absolute atomic E-state index is 5.61. The molecule has 0 unspecified atom stereocenters. The lowest BCUT2D eigenvalue weighted by molar-refractivity contribution is 1.41. The van der Waals surface area contributed by atoms with Crippen LogP contribution in [0, 0.1) is 0 Å². The summed E-state index contributed by atoms with van der Waals surface area (Å²) in [5.41, 5.74) is 0. The van der Waals surface area contributed by atoms with Crippen LogP contribution in [0.25, 0.3) is 0 Å². The standard InChI is InChI=1S/C5H5Cl2P/c6-8(7)5-3-1-2-4-5/h1-3H,4H2. The van der Waals surface area contributed by atoms with Gasteiger partial charge in [0.25, 0.3) is 0 Å². The average Bonchev–Trinajstić information content (AvgIpc) is 2.12. The SMILES string of the molecule is ClP(Cl)C1=CC=CC1. The normalized spacial score (nSPS) is 17.6. The molecule has 44 valence electrons. The molecule has 8 heavy (non-hydrogen) atoms. The molecule has 0 N–H and O–H groups in total. The maximum Gasteiger partial charge on any atom is 0.113 e. The van der Waals surface area contributed by atoms with Gasteiger partial charge < -0.3 is 0 Å². The van der Waals surface area contributed by atoms with Crippen LogP contribution in [0.2, 0.25) is 0 Å². The summed E-state index contributed by atoms with van der Waals surface area (Å²) < 4.78 is 0. The van der Waals surface area contributed by atoms with E-state index in [1.165, 1.54) is 0 Å². The molecule has 0 aromatic rings. The van der Waals surface area contributed by atoms with E-state index in [0.717, 1.165) is 11.7 Å². The summed E-state index contributed by atoms with van der Waals surface area (Å²) in [6.07, 6.45) is 6.95. The third-order valence-corrected chi connectivity index (χ3v) is 3.04. The zero-order valence-corrected chi connectivity index (χ0v) is 6.55. The first kappa shape index (κ1) is 6.61. The Hall–Kier alpha value is 0.490. The second-order valence-electron chi connectivity index (χ2n) is 1.52. The summed E-state index contributed by atoms with van der Waals surface area (Å²) in [6, 6.07) is 0. The van der Waals surface area contributed by atoms with Gasteiger partial charge in [0.05, 0.1) is 0 Å². The lowest BCUT2D eigenvalue weighted by Gasteiger charge is -1.96. The highest BCUT2D eigenvalue weighted by Gasteiger charge is 2.06. The summed E-state index contributed by atoms with van der Waals surface area (Å²) in [5, 5.41) is 1.16. The highest BCUT2D eigenvalue weighted by atomic mass is 35.9. The van der Waals surface area contributed by atoms with Gasteiger partial charge in [-0.25, -0.2) is 0 Å². The molecule has 0 heterocycles. The molecule has 0 aromatic carbocycles. The fourth-order valence-corrected chi connectivity index (χ4v) is 1.76. The predicted molar refractivity (Wildman–Crippen MR) is 40.5 cm³/mol. The van der Waals surface area contributed by atoms with E-state index in [2.05, 4.69) is 6.08 Å². The van der Waals surface area contributed by atoms with Crippen molar-refractivity contribution in [2.24, 2.45) is 0 Å². The van der Waals surface area contributed by atoms with Gasteiger partial charge in [0.1, 0.15) is 6.63 Å². The monoisotopic (exact) mass is 166 g/mol. The van der Waals surface area contributed by atoms with E-state index < -0.39 is 6.63 Å². The third-order valence-electron chi connectivity index (χ3n) is 0.969. The predicted octanol–water partition coefficient (Wildman–Crippen LogP) is 3.62. The Labute approximate surface area is 59.5 Å². The Balaban J connectivity index is 2.51. The molecule has 3 heteroatoms. The fourth-order valence-electron chi connectivity index (χ4n) is 0.561. The van der Waals surface area contributed by atoms with Crippen molar-refractivity contribution in [3.63, 3.8) is 0 Å². The largest absolute Gasteiger partial charge is 0.113 e. The fraction of sp³-hybridized carbons (Fsp3) is 0.200. The third kappa shape index (κ3) is 1.48. The molecule has 0 saturated carbocycles. The van der Waals surface area contributed by atoms with Gasteiger partial charge in [0.15, 0.2) is 0 Å². The van der Waals surface area contributed by atoms with Gasteiger partial charge in [-0.05, 0) is 11.7 Å². The Morgan fingerprint density at radius 1 is 1.50 bits per heavy atom. The lowest BCUT2D eigenvalue weighted by atomic mass is 10.5. The molecule has 0 bridgehead atoms. The van der Waals surface area contributed by atoms with E-state index in [1.807, 2.05) is 12.2 Å². The second-order valence-corrected chi connectivity index (χ2v) is 5.11. The highest BCUT2D eigenvalue weighted by Crippen LogP contribution is 2.56. The molecule has 0 nitrogen and oxygen atoms in total. The van der Waals surface area contributed by atoms with Crippen LogP contribution in [0.1, 0.15) is 6.42 Å². The van der Waals surface area contributed by atoms with Gasteiger partial charge in [-0.2, -0.15) is 0 Å². The van der Waals surface area contributed by atoms with E-state index in [1.54, 1.807) is 0 Å². The number of hydrogen-bond acceptors (Lipinski definition) is 0. The number of halogens is 2. The van der Waals surface area contributed by atoms with E-state index in [9.17, 15) is 0 Å². The molecule has 0 radical (unpaired) electrons. The Morgan fingerprint density at radius 2 is 2.25 bits per heavy atom. The summed E-state index contributed by atoms with van der Waals surface area (Å²) in [7, 11) is 0. The minimum Gasteiger partial charge on any atom is -0.0800 e. The Morgan fingerprint density at radius 3 is 2.50 bits per heavy atom. The zero-order chi connectivity index (χ0) is 5.98. The summed E-state index contributed by atoms with van der Waals surface area (Å²) in [4.78, 5) is 0. The molecule has 0 amide bonds. The lowest BCUT2D eigenvalue weighted by Crippen LogP contribution is -1.61. The quantitative estimate of drug-likeness (QED) is 0.523. The topological polar surface area (TPSA) is 0 Å². The van der Waals surface area contributed by atoms with E-state index in [0.29, 0.717) is 0 Å². The number of hydrogen-bond donors (Lipinski definition) is 0. The molecule has 0 aliphatic heterocycles. The van der Waals surface area contributed by atoms with E-state index in [4.69, 9.17) is 22.5 Å². The van der Waals surface area contributed by atoms with Crippen LogP contribution in [0.3, 0.4) is 0 Å². The van der Waals surface area contributed by atoms with Crippen molar-refractivity contribution in [2.75, 3.05) is 0 Å². The van der Waals surface area contributed by atoms with Crippen molar-refractivity contribution in [1.82, 2.24) is 0 Å². The van der Waals surface area contributed by atoms with Crippen LogP contribution in [-0.4, -0.2) is 0 Å². The first-order valence-corrected chi connectivity index (χ1v) is 5.43. The van der Waals surface area contributed by atoms with Crippen molar-refractivity contribution < 1.29 is 0 Å². The first-order chi connectivity index (χ1) is 3.80. The summed E-state index contributed by atoms with van der Waals surface area (Å²) in [6.45, 7) is -0.859. The molecule has 0 spiro atoms. The molecule has 0 atom stereocenters. The van der Waals surface area contributed by atoms with Crippen molar-refractivity contribution >= 4 is 29.1 Å². The van der Waals surface area contributed by atoms with Gasteiger partial charge in [0, 0.05) is 0 Å². The van der Waals surface area contributed by atoms with E-state index >= 15 is 0 Å². The smallest absolute Gasteiger partial charge is 0.0800 e. The van der Waals surface area contributed by atoms with Crippen molar-refractivity contribution in [2.45, 2.75) is 6.42 Å². The van der Waals surface area contributed by atoms with Crippen molar-refractivity contribution in [1.29, 1.82) is 0 Å². The first-order valence-electron chi connectivity index (χ1n) is 2.28. The van der Waals surface area contributed by atoms with Crippen LogP contribution in [0.15, 0.2) is 23.5 Å². The van der Waals surface area contributed by atoms with Gasteiger partial charge in [0.2, 0.25) is 0 Å². The van der Waals surface area contributed by atoms with Gasteiger partial charge >= 0.3 is 0 Å². The van der Waals surface area contributed by atoms with Crippen LogP contribution < -0.4 is 0 Å². The molecule has 1 aliphatic rings. The second kappa shape index (κ2) is 2.87. The van der Waals surface area contributed by atoms with Crippen LogP contribution in [-0.2, 0) is 0 Å². The number of rotatable bonds is 1. The van der Waals surface area contributed by atoms with Crippen LogP contribution in [0.4, 0.5) is 0 Å². The summed E-state index contributed by atoms with van der Waals surface area (Å²) in [5.74, 6) is 0. The molecule has 1 rings (SSSR count). The highest BCUT2D eigenvalue weighted by molar-refractivity contribution is 8.06. The Bertz CT molecular complexity index is 137. The van der Waals surface area contributed by atoms with Crippen LogP contribution in [0.5, 0.6) is 0 Å². The minimum absolute atomic E-state index is 0.859. The van der Waals surface area contributed by atoms with Gasteiger partial charge in [-0.1, -0.05) is 40.7 Å². The average molecular weight is 167 g/mol. The number of allylic oxidation sites excluding steroid dienone is 4. The van der Waals surface area contributed by atoms with Gasteiger partial charge in [-0.3, -0.25) is 0 Å². The van der Waals surface area contributed by atoms with Crippen molar-refractivity contribution in [3.8, 4) is 0 Å². The molecular weight excluding hydrogens is 162 g/mol. The summed E-state index contributed by atoms with van der Waals surface area (Å²) >= 11 is 11.2. The minimum atomic E-state index is -0.859. The molecular formula is C5H5Cl2P. The van der Waals surface area contributed by atoms with Gasteiger partial charge in [-0.15, -0.1) is 0 Å². The Kier molecular flexibility index (Phi) is 2.37. The molecule has 1 aliphatic carbocycles.